The van der Waals surface area contributed by atoms with Gasteiger partial charge in [-0.2, -0.15) is 0 Å². The normalized spacial score (nSPS) is 10.4. The summed E-state index contributed by atoms with van der Waals surface area (Å²) in [6.07, 6.45) is 1.47. The van der Waals surface area contributed by atoms with Crippen LogP contribution in [-0.4, -0.2) is 22.5 Å². The van der Waals surface area contributed by atoms with E-state index in [1.54, 1.807) is 6.07 Å². The molecular weight excluding hydrogens is 278 g/mol. The maximum atomic E-state index is 12.3. The van der Waals surface area contributed by atoms with E-state index in [1.807, 2.05) is 49.4 Å². The highest BCUT2D eigenvalue weighted by atomic mass is 16.5. The molecule has 5 heteroatoms. The average molecular weight is 293 g/mol. The number of benzene rings is 2. The van der Waals surface area contributed by atoms with Crippen molar-refractivity contribution in [2.45, 2.75) is 6.92 Å². The molecule has 1 heterocycles. The molecular formula is C17H15N3O2. The lowest BCUT2D eigenvalue weighted by Gasteiger charge is -2.11. The first-order valence-electron chi connectivity index (χ1n) is 7.03. The standard InChI is InChI=1S/C17H15N3O2/c1-2-22-16-10-6-5-9-14(16)20-17(21)15-11-18-12-7-3-4-8-13(12)19-15/h3-11H,2H2,1H3,(H,20,21). The van der Waals surface area contributed by atoms with Crippen molar-refractivity contribution in [1.82, 2.24) is 9.97 Å². The van der Waals surface area contributed by atoms with E-state index < -0.39 is 0 Å². The second-order valence-electron chi connectivity index (χ2n) is 4.63. The summed E-state index contributed by atoms with van der Waals surface area (Å²) in [5.41, 5.74) is 2.33. The van der Waals surface area contributed by atoms with E-state index in [4.69, 9.17) is 4.74 Å². The highest BCUT2D eigenvalue weighted by molar-refractivity contribution is 6.04. The van der Waals surface area contributed by atoms with Gasteiger partial charge >= 0.3 is 0 Å². The molecule has 0 spiro atoms. The summed E-state index contributed by atoms with van der Waals surface area (Å²) in [6, 6.07) is 14.7. The second kappa shape index (κ2) is 6.22. The van der Waals surface area contributed by atoms with Crippen molar-refractivity contribution in [3.05, 3.63) is 60.4 Å². The number of nitrogens with zero attached hydrogens (tertiary/aromatic N) is 2. The minimum atomic E-state index is -0.314. The second-order valence-corrected chi connectivity index (χ2v) is 4.63. The third kappa shape index (κ3) is 2.88. The molecule has 0 aliphatic carbocycles. The zero-order chi connectivity index (χ0) is 15.4. The minimum Gasteiger partial charge on any atom is -0.492 e. The Morgan fingerprint density at radius 2 is 1.82 bits per heavy atom. The lowest BCUT2D eigenvalue weighted by Crippen LogP contribution is -2.15. The monoisotopic (exact) mass is 293 g/mol. The quantitative estimate of drug-likeness (QED) is 0.801. The summed E-state index contributed by atoms with van der Waals surface area (Å²) in [5, 5.41) is 2.81. The topological polar surface area (TPSA) is 64.1 Å². The summed E-state index contributed by atoms with van der Waals surface area (Å²) >= 11 is 0. The molecule has 3 rings (SSSR count). The number of carbonyl (C=O) groups is 1. The van der Waals surface area contributed by atoms with Gasteiger partial charge in [0.15, 0.2) is 0 Å². The Labute approximate surface area is 128 Å². The van der Waals surface area contributed by atoms with E-state index in [1.165, 1.54) is 6.20 Å². The van der Waals surface area contributed by atoms with Gasteiger partial charge in [-0.05, 0) is 31.2 Å². The Morgan fingerprint density at radius 1 is 1.09 bits per heavy atom. The lowest BCUT2D eigenvalue weighted by atomic mass is 10.2. The van der Waals surface area contributed by atoms with Crippen molar-refractivity contribution < 1.29 is 9.53 Å². The molecule has 1 N–H and O–H groups in total. The van der Waals surface area contributed by atoms with Gasteiger partial charge in [0, 0.05) is 0 Å². The Kier molecular flexibility index (Phi) is 3.96. The van der Waals surface area contributed by atoms with Crippen molar-refractivity contribution in [2.75, 3.05) is 11.9 Å². The van der Waals surface area contributed by atoms with Gasteiger partial charge in [-0.3, -0.25) is 9.78 Å². The maximum absolute atomic E-state index is 12.3. The van der Waals surface area contributed by atoms with Crippen LogP contribution in [0.4, 0.5) is 5.69 Å². The summed E-state index contributed by atoms with van der Waals surface area (Å²) in [6.45, 7) is 2.43. The third-order valence-corrected chi connectivity index (χ3v) is 3.12. The van der Waals surface area contributed by atoms with E-state index in [0.717, 1.165) is 5.52 Å². The summed E-state index contributed by atoms with van der Waals surface area (Å²) in [5.74, 6) is 0.317. The molecule has 0 aliphatic heterocycles. The number of hydrogen-bond acceptors (Lipinski definition) is 4. The first-order valence-corrected chi connectivity index (χ1v) is 7.03. The predicted molar refractivity (Wildman–Crippen MR) is 85.1 cm³/mol. The predicted octanol–water partition coefficient (Wildman–Crippen LogP) is 3.28. The van der Waals surface area contributed by atoms with Crippen molar-refractivity contribution in [3.8, 4) is 5.75 Å². The van der Waals surface area contributed by atoms with Crippen LogP contribution in [0.2, 0.25) is 0 Å². The number of para-hydroxylation sites is 4. The molecule has 0 radical (unpaired) electrons. The first kappa shape index (κ1) is 14.0. The van der Waals surface area contributed by atoms with Gasteiger partial charge in [0.05, 0.1) is 29.5 Å². The fourth-order valence-electron chi connectivity index (χ4n) is 2.10. The van der Waals surface area contributed by atoms with Gasteiger partial charge in [0.2, 0.25) is 0 Å². The number of hydrogen-bond donors (Lipinski definition) is 1. The minimum absolute atomic E-state index is 0.269. The smallest absolute Gasteiger partial charge is 0.275 e. The number of fused-ring (bicyclic) bond motifs is 1. The number of ether oxygens (including phenoxy) is 1. The SMILES string of the molecule is CCOc1ccccc1NC(=O)c1cnc2ccccc2n1. The molecule has 22 heavy (non-hydrogen) atoms. The molecule has 0 fully saturated rings. The highest BCUT2D eigenvalue weighted by Gasteiger charge is 2.12. The van der Waals surface area contributed by atoms with E-state index in [-0.39, 0.29) is 11.6 Å². The first-order chi connectivity index (χ1) is 10.8. The van der Waals surface area contributed by atoms with Crippen LogP contribution in [0.25, 0.3) is 11.0 Å². The Morgan fingerprint density at radius 3 is 2.64 bits per heavy atom. The van der Waals surface area contributed by atoms with Crippen molar-refractivity contribution in [2.24, 2.45) is 0 Å². The molecule has 3 aromatic rings. The van der Waals surface area contributed by atoms with Gasteiger partial charge < -0.3 is 10.1 Å². The molecule has 0 saturated heterocycles. The fraction of sp³-hybridized carbons (Fsp3) is 0.118. The van der Waals surface area contributed by atoms with Gasteiger partial charge in [-0.25, -0.2) is 4.98 Å². The number of carbonyl (C=O) groups excluding carboxylic acids is 1. The molecule has 0 saturated carbocycles. The van der Waals surface area contributed by atoms with Gasteiger partial charge in [0.25, 0.3) is 5.91 Å². The summed E-state index contributed by atoms with van der Waals surface area (Å²) in [7, 11) is 0. The highest BCUT2D eigenvalue weighted by Crippen LogP contribution is 2.24. The van der Waals surface area contributed by atoms with Crippen LogP contribution in [0.5, 0.6) is 5.75 Å². The van der Waals surface area contributed by atoms with E-state index in [9.17, 15) is 4.79 Å². The lowest BCUT2D eigenvalue weighted by molar-refractivity contribution is 0.102. The molecule has 1 aromatic heterocycles. The van der Waals surface area contributed by atoms with Crippen LogP contribution in [0, 0.1) is 0 Å². The van der Waals surface area contributed by atoms with Gasteiger partial charge in [0.1, 0.15) is 11.4 Å². The Bertz CT molecular complexity index is 818. The number of aromatic nitrogens is 2. The number of amides is 1. The van der Waals surface area contributed by atoms with E-state index >= 15 is 0 Å². The zero-order valence-electron chi connectivity index (χ0n) is 12.1. The van der Waals surface area contributed by atoms with E-state index in [2.05, 4.69) is 15.3 Å². The van der Waals surface area contributed by atoms with E-state index in [0.29, 0.717) is 23.6 Å². The molecule has 2 aromatic carbocycles. The van der Waals surface area contributed by atoms with Crippen LogP contribution >= 0.6 is 0 Å². The molecule has 1 amide bonds. The van der Waals surface area contributed by atoms with Crippen molar-refractivity contribution in [1.29, 1.82) is 0 Å². The molecule has 5 nitrogen and oxygen atoms in total. The number of nitrogens with one attached hydrogen (secondary N) is 1. The average Bonchev–Trinajstić information content (AvgIpc) is 2.56. The number of anilines is 1. The zero-order valence-corrected chi connectivity index (χ0v) is 12.1. The van der Waals surface area contributed by atoms with Crippen LogP contribution < -0.4 is 10.1 Å². The number of rotatable bonds is 4. The maximum Gasteiger partial charge on any atom is 0.275 e. The van der Waals surface area contributed by atoms with Gasteiger partial charge in [-0.15, -0.1) is 0 Å². The molecule has 0 atom stereocenters. The van der Waals surface area contributed by atoms with Crippen LogP contribution in [0.15, 0.2) is 54.7 Å². The molecule has 0 bridgehead atoms. The van der Waals surface area contributed by atoms with Gasteiger partial charge in [-0.1, -0.05) is 24.3 Å². The molecule has 0 unspecified atom stereocenters. The third-order valence-electron chi connectivity index (χ3n) is 3.12. The molecule has 110 valence electrons. The Balaban J connectivity index is 1.87. The largest absolute Gasteiger partial charge is 0.492 e. The van der Waals surface area contributed by atoms with Crippen LogP contribution in [-0.2, 0) is 0 Å². The Hall–Kier alpha value is -2.95. The summed E-state index contributed by atoms with van der Waals surface area (Å²) in [4.78, 5) is 20.9. The van der Waals surface area contributed by atoms with Crippen LogP contribution in [0.1, 0.15) is 17.4 Å². The van der Waals surface area contributed by atoms with Crippen molar-refractivity contribution in [3.63, 3.8) is 0 Å². The molecule has 0 aliphatic rings. The van der Waals surface area contributed by atoms with Crippen molar-refractivity contribution >= 4 is 22.6 Å². The van der Waals surface area contributed by atoms with Crippen LogP contribution in [0.3, 0.4) is 0 Å². The fourth-order valence-corrected chi connectivity index (χ4v) is 2.10. The summed E-state index contributed by atoms with van der Waals surface area (Å²) < 4.78 is 5.49.